The monoisotopic (exact) mass is 313 g/mol. The molecule has 1 unspecified atom stereocenters. The number of nitrogens with zero attached hydrogens (tertiary/aromatic N) is 2. The number of oxazole rings is 1. The fourth-order valence-electron chi connectivity index (χ4n) is 3.58. The van der Waals surface area contributed by atoms with E-state index in [0.29, 0.717) is 12.1 Å². The lowest BCUT2D eigenvalue weighted by Gasteiger charge is -2.36. The van der Waals surface area contributed by atoms with Gasteiger partial charge in [-0.25, -0.2) is 4.98 Å². The van der Waals surface area contributed by atoms with Gasteiger partial charge in [-0.1, -0.05) is 12.1 Å². The van der Waals surface area contributed by atoms with Crippen molar-refractivity contribution in [2.45, 2.75) is 31.3 Å². The molecule has 2 aliphatic heterocycles. The minimum Gasteiger partial charge on any atom is -0.444 e. The average molecular weight is 313 g/mol. The van der Waals surface area contributed by atoms with E-state index in [-0.39, 0.29) is 0 Å². The highest BCUT2D eigenvalue weighted by Crippen LogP contribution is 2.25. The SMILES string of the molecule is c1cc(NC2CCN(C3CCOC3)CC2)cc(-c2cnco2)c1. The third-order valence-corrected chi connectivity index (χ3v) is 4.90. The minimum absolute atomic E-state index is 0.540. The Balaban J connectivity index is 1.35. The lowest BCUT2D eigenvalue weighted by Crippen LogP contribution is -2.44. The number of rotatable bonds is 4. The van der Waals surface area contributed by atoms with Crippen LogP contribution in [0.5, 0.6) is 0 Å². The van der Waals surface area contributed by atoms with Crippen molar-refractivity contribution < 1.29 is 9.15 Å². The van der Waals surface area contributed by atoms with Crippen LogP contribution in [-0.4, -0.2) is 48.3 Å². The Labute approximate surface area is 136 Å². The van der Waals surface area contributed by atoms with Crippen molar-refractivity contribution in [1.82, 2.24) is 9.88 Å². The molecule has 0 saturated carbocycles. The molecule has 2 saturated heterocycles. The molecule has 122 valence electrons. The highest BCUT2D eigenvalue weighted by Gasteiger charge is 2.27. The first-order valence-corrected chi connectivity index (χ1v) is 8.46. The molecule has 2 aliphatic rings. The molecular weight excluding hydrogens is 290 g/mol. The Kier molecular flexibility index (Phi) is 4.30. The first-order valence-electron chi connectivity index (χ1n) is 8.46. The maximum absolute atomic E-state index is 5.51. The topological polar surface area (TPSA) is 50.5 Å². The van der Waals surface area contributed by atoms with E-state index >= 15 is 0 Å². The van der Waals surface area contributed by atoms with Crippen molar-refractivity contribution >= 4 is 5.69 Å². The smallest absolute Gasteiger partial charge is 0.181 e. The summed E-state index contributed by atoms with van der Waals surface area (Å²) >= 11 is 0. The first kappa shape index (κ1) is 14.7. The van der Waals surface area contributed by atoms with Crippen molar-refractivity contribution in [3.05, 3.63) is 36.9 Å². The normalized spacial score (nSPS) is 23.2. The summed E-state index contributed by atoms with van der Waals surface area (Å²) in [4.78, 5) is 6.58. The van der Waals surface area contributed by atoms with Gasteiger partial charge in [-0.2, -0.15) is 0 Å². The van der Waals surface area contributed by atoms with Crippen LogP contribution in [-0.2, 0) is 4.74 Å². The van der Waals surface area contributed by atoms with E-state index in [0.717, 1.165) is 43.3 Å². The number of benzene rings is 1. The number of hydrogen-bond acceptors (Lipinski definition) is 5. The molecule has 4 rings (SSSR count). The van der Waals surface area contributed by atoms with Gasteiger partial charge in [0.15, 0.2) is 12.2 Å². The van der Waals surface area contributed by atoms with Crippen molar-refractivity contribution in [3.63, 3.8) is 0 Å². The van der Waals surface area contributed by atoms with Crippen LogP contribution in [0.4, 0.5) is 5.69 Å². The number of ether oxygens (including phenoxy) is 1. The van der Waals surface area contributed by atoms with Gasteiger partial charge in [0.1, 0.15) is 0 Å². The van der Waals surface area contributed by atoms with Crippen LogP contribution in [0.3, 0.4) is 0 Å². The van der Waals surface area contributed by atoms with Gasteiger partial charge in [-0.05, 0) is 31.4 Å². The van der Waals surface area contributed by atoms with Crippen molar-refractivity contribution in [3.8, 4) is 11.3 Å². The highest BCUT2D eigenvalue weighted by atomic mass is 16.5. The second kappa shape index (κ2) is 6.72. The number of likely N-dealkylation sites (tertiary alicyclic amines) is 1. The van der Waals surface area contributed by atoms with Crippen LogP contribution < -0.4 is 5.32 Å². The molecule has 5 heteroatoms. The molecule has 1 aromatic carbocycles. The summed E-state index contributed by atoms with van der Waals surface area (Å²) < 4.78 is 10.9. The summed E-state index contributed by atoms with van der Waals surface area (Å²) in [6, 6.07) is 9.55. The summed E-state index contributed by atoms with van der Waals surface area (Å²) in [6.45, 7) is 4.16. The first-order chi connectivity index (χ1) is 11.4. The van der Waals surface area contributed by atoms with E-state index in [4.69, 9.17) is 9.15 Å². The van der Waals surface area contributed by atoms with E-state index in [1.165, 1.54) is 25.7 Å². The lowest BCUT2D eigenvalue weighted by atomic mass is 10.0. The third kappa shape index (κ3) is 3.41. The minimum atomic E-state index is 0.540. The number of piperidine rings is 1. The van der Waals surface area contributed by atoms with Crippen molar-refractivity contribution in [2.75, 3.05) is 31.6 Å². The molecule has 0 amide bonds. The van der Waals surface area contributed by atoms with Gasteiger partial charge < -0.3 is 14.5 Å². The Hall–Kier alpha value is -1.85. The van der Waals surface area contributed by atoms with Crippen LogP contribution in [0.1, 0.15) is 19.3 Å². The van der Waals surface area contributed by atoms with Crippen LogP contribution >= 0.6 is 0 Å². The van der Waals surface area contributed by atoms with E-state index in [2.05, 4.69) is 33.4 Å². The molecule has 0 spiro atoms. The molecule has 1 atom stereocenters. The Morgan fingerprint density at radius 3 is 2.83 bits per heavy atom. The molecule has 1 aromatic heterocycles. The Morgan fingerprint density at radius 1 is 1.17 bits per heavy atom. The molecule has 23 heavy (non-hydrogen) atoms. The summed E-state index contributed by atoms with van der Waals surface area (Å²) in [5.74, 6) is 0.810. The maximum atomic E-state index is 5.51. The second-order valence-corrected chi connectivity index (χ2v) is 6.42. The van der Waals surface area contributed by atoms with E-state index in [9.17, 15) is 0 Å². The Morgan fingerprint density at radius 2 is 2.09 bits per heavy atom. The number of hydrogen-bond donors (Lipinski definition) is 1. The van der Waals surface area contributed by atoms with Crippen LogP contribution in [0.25, 0.3) is 11.3 Å². The second-order valence-electron chi connectivity index (χ2n) is 6.42. The lowest BCUT2D eigenvalue weighted by molar-refractivity contribution is 0.124. The van der Waals surface area contributed by atoms with E-state index < -0.39 is 0 Å². The van der Waals surface area contributed by atoms with Gasteiger partial charge in [0, 0.05) is 43.0 Å². The molecule has 1 N–H and O–H groups in total. The van der Waals surface area contributed by atoms with Gasteiger partial charge >= 0.3 is 0 Å². The Bertz CT molecular complexity index is 615. The largest absolute Gasteiger partial charge is 0.444 e. The van der Waals surface area contributed by atoms with Crippen LogP contribution in [0, 0.1) is 0 Å². The zero-order chi connectivity index (χ0) is 15.5. The molecule has 0 radical (unpaired) electrons. The van der Waals surface area contributed by atoms with Gasteiger partial charge in [-0.3, -0.25) is 4.90 Å². The van der Waals surface area contributed by atoms with Crippen LogP contribution in [0.2, 0.25) is 0 Å². The molecule has 0 aliphatic carbocycles. The number of aromatic nitrogens is 1. The maximum Gasteiger partial charge on any atom is 0.181 e. The fourth-order valence-corrected chi connectivity index (χ4v) is 3.58. The van der Waals surface area contributed by atoms with E-state index in [1.807, 2.05) is 6.07 Å². The zero-order valence-corrected chi connectivity index (χ0v) is 13.3. The quantitative estimate of drug-likeness (QED) is 0.940. The molecule has 0 bridgehead atoms. The van der Waals surface area contributed by atoms with Gasteiger partial charge in [0.2, 0.25) is 0 Å². The summed E-state index contributed by atoms with van der Waals surface area (Å²) in [7, 11) is 0. The molecular formula is C18H23N3O2. The summed E-state index contributed by atoms with van der Waals surface area (Å²) in [5.41, 5.74) is 2.22. The van der Waals surface area contributed by atoms with E-state index in [1.54, 1.807) is 6.20 Å². The van der Waals surface area contributed by atoms with Gasteiger partial charge in [-0.15, -0.1) is 0 Å². The predicted octanol–water partition coefficient (Wildman–Crippen LogP) is 3.01. The fraction of sp³-hybridized carbons (Fsp3) is 0.500. The zero-order valence-electron chi connectivity index (χ0n) is 13.3. The molecule has 2 fully saturated rings. The summed E-state index contributed by atoms with van der Waals surface area (Å²) in [6.07, 6.45) is 6.78. The highest BCUT2D eigenvalue weighted by molar-refractivity contribution is 5.63. The molecule has 2 aromatic rings. The van der Waals surface area contributed by atoms with Gasteiger partial charge in [0.05, 0.1) is 12.8 Å². The molecule has 5 nitrogen and oxygen atoms in total. The average Bonchev–Trinajstić information content (AvgIpc) is 3.30. The van der Waals surface area contributed by atoms with Crippen LogP contribution in [0.15, 0.2) is 41.3 Å². The van der Waals surface area contributed by atoms with Crippen molar-refractivity contribution in [2.24, 2.45) is 0 Å². The number of nitrogens with one attached hydrogen (secondary N) is 1. The molecule has 3 heterocycles. The summed E-state index contributed by atoms with van der Waals surface area (Å²) in [5, 5.41) is 3.67. The van der Waals surface area contributed by atoms with Gasteiger partial charge in [0.25, 0.3) is 0 Å². The standard InChI is InChI=1S/C18H23N3O2/c1-2-14(18-11-19-13-23-18)10-16(3-1)20-15-4-7-21(8-5-15)17-6-9-22-12-17/h1-3,10-11,13,15,17,20H,4-9,12H2. The van der Waals surface area contributed by atoms with Crippen molar-refractivity contribution in [1.29, 1.82) is 0 Å². The third-order valence-electron chi connectivity index (χ3n) is 4.90. The number of anilines is 1. The predicted molar refractivity (Wildman–Crippen MR) is 89.4 cm³/mol.